The van der Waals surface area contributed by atoms with E-state index in [1.807, 2.05) is 12.3 Å². The number of para-hydroxylation sites is 1. The molecule has 2 heterocycles. The number of aryl methyl sites for hydroxylation is 1. The van der Waals surface area contributed by atoms with Gasteiger partial charge in [-0.15, -0.1) is 0 Å². The molecule has 2 aromatic rings. The van der Waals surface area contributed by atoms with Crippen LogP contribution >= 0.6 is 0 Å². The number of nitrogens with zero attached hydrogens (tertiary/aromatic N) is 2. The predicted molar refractivity (Wildman–Crippen MR) is 78.1 cm³/mol. The standard InChI is InChI=1S/C16H19N3/c17-11-16(14-6-3-9-18-12-14)19-10-4-7-13-5-1-2-8-15(13)19/h1-3,5-6,8-9,12,16H,4,7,10-11,17H2. The molecule has 0 spiro atoms. The zero-order valence-corrected chi connectivity index (χ0v) is 11.0. The number of aromatic nitrogens is 1. The molecule has 19 heavy (non-hydrogen) atoms. The molecule has 0 saturated heterocycles. The summed E-state index contributed by atoms with van der Waals surface area (Å²) in [6.45, 7) is 1.67. The number of hydrogen-bond donors (Lipinski definition) is 1. The van der Waals surface area contributed by atoms with Crippen LogP contribution in [0, 0.1) is 0 Å². The van der Waals surface area contributed by atoms with Gasteiger partial charge in [-0.1, -0.05) is 24.3 Å². The van der Waals surface area contributed by atoms with Crippen LogP contribution in [0.5, 0.6) is 0 Å². The third kappa shape index (κ3) is 2.34. The van der Waals surface area contributed by atoms with E-state index in [9.17, 15) is 0 Å². The smallest absolute Gasteiger partial charge is 0.0679 e. The third-order valence-electron chi connectivity index (χ3n) is 3.81. The molecule has 0 amide bonds. The molecule has 2 N–H and O–H groups in total. The number of hydrogen-bond acceptors (Lipinski definition) is 3. The van der Waals surface area contributed by atoms with Gasteiger partial charge in [0.05, 0.1) is 6.04 Å². The largest absolute Gasteiger partial charge is 0.363 e. The highest BCUT2D eigenvalue weighted by Gasteiger charge is 2.24. The summed E-state index contributed by atoms with van der Waals surface area (Å²) >= 11 is 0. The first-order chi connectivity index (χ1) is 9.40. The average Bonchev–Trinajstić information content (AvgIpc) is 2.49. The Morgan fingerprint density at radius 3 is 2.89 bits per heavy atom. The van der Waals surface area contributed by atoms with E-state index >= 15 is 0 Å². The summed E-state index contributed by atoms with van der Waals surface area (Å²) in [4.78, 5) is 6.65. The fourth-order valence-electron chi connectivity index (χ4n) is 2.90. The van der Waals surface area contributed by atoms with Crippen LogP contribution in [0.15, 0.2) is 48.8 Å². The van der Waals surface area contributed by atoms with Crippen molar-refractivity contribution in [3.8, 4) is 0 Å². The van der Waals surface area contributed by atoms with Gasteiger partial charge in [0, 0.05) is 31.2 Å². The van der Waals surface area contributed by atoms with Crippen molar-refractivity contribution in [2.75, 3.05) is 18.0 Å². The number of pyridine rings is 1. The van der Waals surface area contributed by atoms with Crippen molar-refractivity contribution in [2.24, 2.45) is 5.73 Å². The number of anilines is 1. The second-order valence-electron chi connectivity index (χ2n) is 4.96. The van der Waals surface area contributed by atoms with Gasteiger partial charge in [0.25, 0.3) is 0 Å². The molecule has 1 aliphatic rings. The lowest BCUT2D eigenvalue weighted by atomic mass is 9.98. The molecule has 0 radical (unpaired) electrons. The predicted octanol–water partition coefficient (Wildman–Crippen LogP) is 2.53. The molecule has 3 rings (SSSR count). The molecule has 0 aliphatic carbocycles. The minimum absolute atomic E-state index is 0.218. The van der Waals surface area contributed by atoms with Gasteiger partial charge in [0.1, 0.15) is 0 Å². The van der Waals surface area contributed by atoms with Crippen molar-refractivity contribution in [2.45, 2.75) is 18.9 Å². The maximum absolute atomic E-state index is 6.02. The summed E-state index contributed by atoms with van der Waals surface area (Å²) < 4.78 is 0. The summed E-state index contributed by atoms with van der Waals surface area (Å²) in [6.07, 6.45) is 6.08. The van der Waals surface area contributed by atoms with E-state index in [0.717, 1.165) is 13.0 Å². The van der Waals surface area contributed by atoms with Crippen molar-refractivity contribution < 1.29 is 0 Å². The SMILES string of the molecule is NCC(c1cccnc1)N1CCCc2ccccc21. The van der Waals surface area contributed by atoms with E-state index < -0.39 is 0 Å². The van der Waals surface area contributed by atoms with Crippen LogP contribution < -0.4 is 10.6 Å². The van der Waals surface area contributed by atoms with Crippen LogP contribution in [0.3, 0.4) is 0 Å². The second-order valence-corrected chi connectivity index (χ2v) is 4.96. The number of benzene rings is 1. The Bertz CT molecular complexity index is 539. The minimum Gasteiger partial charge on any atom is -0.363 e. The lowest BCUT2D eigenvalue weighted by Gasteiger charge is -2.37. The molecule has 3 heteroatoms. The molecule has 1 aromatic carbocycles. The molecule has 0 saturated carbocycles. The van der Waals surface area contributed by atoms with Gasteiger partial charge in [-0.3, -0.25) is 4.98 Å². The topological polar surface area (TPSA) is 42.1 Å². The Hall–Kier alpha value is -1.87. The normalized spacial score (nSPS) is 15.9. The first-order valence-corrected chi connectivity index (χ1v) is 6.84. The minimum atomic E-state index is 0.218. The molecule has 1 atom stereocenters. The summed E-state index contributed by atoms with van der Waals surface area (Å²) in [5.74, 6) is 0. The fraction of sp³-hybridized carbons (Fsp3) is 0.312. The third-order valence-corrected chi connectivity index (χ3v) is 3.81. The van der Waals surface area contributed by atoms with Gasteiger partial charge in [0.2, 0.25) is 0 Å². The molecule has 0 fully saturated rings. The van der Waals surface area contributed by atoms with Gasteiger partial charge in [-0.25, -0.2) is 0 Å². The van der Waals surface area contributed by atoms with Crippen LogP contribution in [0.4, 0.5) is 5.69 Å². The van der Waals surface area contributed by atoms with Crippen LogP contribution in [0.25, 0.3) is 0 Å². The molecule has 1 aromatic heterocycles. The highest BCUT2D eigenvalue weighted by atomic mass is 15.2. The highest BCUT2D eigenvalue weighted by Crippen LogP contribution is 2.33. The maximum atomic E-state index is 6.02. The average molecular weight is 253 g/mol. The molecular weight excluding hydrogens is 234 g/mol. The number of fused-ring (bicyclic) bond motifs is 1. The van der Waals surface area contributed by atoms with Gasteiger partial charge in [-0.2, -0.15) is 0 Å². The molecular formula is C16H19N3. The van der Waals surface area contributed by atoms with Gasteiger partial charge < -0.3 is 10.6 Å². The molecule has 1 aliphatic heterocycles. The Morgan fingerprint density at radius 1 is 1.21 bits per heavy atom. The van der Waals surface area contributed by atoms with Crippen molar-refractivity contribution in [1.29, 1.82) is 0 Å². The lowest BCUT2D eigenvalue weighted by molar-refractivity contribution is 0.586. The van der Waals surface area contributed by atoms with Crippen molar-refractivity contribution >= 4 is 5.69 Å². The van der Waals surface area contributed by atoms with Crippen LogP contribution in [-0.2, 0) is 6.42 Å². The van der Waals surface area contributed by atoms with Crippen molar-refractivity contribution in [3.05, 3.63) is 59.9 Å². The Balaban J connectivity index is 1.97. The molecule has 98 valence electrons. The van der Waals surface area contributed by atoms with Crippen LogP contribution in [0.2, 0.25) is 0 Å². The summed E-state index contributed by atoms with van der Waals surface area (Å²) in [5.41, 5.74) is 9.97. The zero-order valence-electron chi connectivity index (χ0n) is 11.0. The quantitative estimate of drug-likeness (QED) is 0.914. The van der Waals surface area contributed by atoms with Gasteiger partial charge >= 0.3 is 0 Å². The van der Waals surface area contributed by atoms with Crippen molar-refractivity contribution in [3.63, 3.8) is 0 Å². The summed E-state index contributed by atoms with van der Waals surface area (Å²) in [5, 5.41) is 0. The first-order valence-electron chi connectivity index (χ1n) is 6.84. The van der Waals surface area contributed by atoms with E-state index in [2.05, 4.69) is 40.2 Å². The Kier molecular flexibility index (Phi) is 3.47. The maximum Gasteiger partial charge on any atom is 0.0679 e. The monoisotopic (exact) mass is 253 g/mol. The summed E-state index contributed by atoms with van der Waals surface area (Å²) in [7, 11) is 0. The van der Waals surface area contributed by atoms with E-state index in [0.29, 0.717) is 6.54 Å². The first kappa shape index (κ1) is 12.2. The van der Waals surface area contributed by atoms with E-state index in [1.165, 1.54) is 23.2 Å². The Labute approximate surface area is 114 Å². The van der Waals surface area contributed by atoms with Gasteiger partial charge in [0.15, 0.2) is 0 Å². The molecule has 0 bridgehead atoms. The van der Waals surface area contributed by atoms with E-state index in [1.54, 1.807) is 6.20 Å². The van der Waals surface area contributed by atoms with Crippen LogP contribution in [0.1, 0.15) is 23.6 Å². The highest BCUT2D eigenvalue weighted by molar-refractivity contribution is 5.57. The van der Waals surface area contributed by atoms with Gasteiger partial charge in [-0.05, 0) is 36.1 Å². The lowest BCUT2D eigenvalue weighted by Crippen LogP contribution is -2.37. The Morgan fingerprint density at radius 2 is 2.11 bits per heavy atom. The fourth-order valence-corrected chi connectivity index (χ4v) is 2.90. The van der Waals surface area contributed by atoms with E-state index in [4.69, 9.17) is 5.73 Å². The van der Waals surface area contributed by atoms with Crippen molar-refractivity contribution in [1.82, 2.24) is 4.98 Å². The number of rotatable bonds is 3. The number of nitrogens with two attached hydrogens (primary N) is 1. The van der Waals surface area contributed by atoms with Crippen LogP contribution in [-0.4, -0.2) is 18.1 Å². The molecule has 3 nitrogen and oxygen atoms in total. The second kappa shape index (κ2) is 5.41. The zero-order chi connectivity index (χ0) is 13.1. The molecule has 1 unspecified atom stereocenters. The van der Waals surface area contributed by atoms with E-state index in [-0.39, 0.29) is 6.04 Å². The summed E-state index contributed by atoms with van der Waals surface area (Å²) in [6, 6.07) is 13.0.